The van der Waals surface area contributed by atoms with Crippen LogP contribution in [0.5, 0.6) is 5.75 Å². The van der Waals surface area contributed by atoms with Gasteiger partial charge in [0.05, 0.1) is 6.42 Å². The third-order valence-electron chi connectivity index (χ3n) is 2.88. The molecule has 0 aliphatic heterocycles. The number of hydroxylamine groups is 2. The van der Waals surface area contributed by atoms with Gasteiger partial charge in [-0.3, -0.25) is 4.79 Å². The maximum Gasteiger partial charge on any atom is 0.216 e. The Morgan fingerprint density at radius 3 is 2.30 bits per heavy atom. The van der Waals surface area contributed by atoms with Crippen molar-refractivity contribution < 1.29 is 9.53 Å². The van der Waals surface area contributed by atoms with E-state index >= 15 is 0 Å². The lowest BCUT2D eigenvalue weighted by molar-refractivity contribution is -0.126. The van der Waals surface area contributed by atoms with Crippen LogP contribution in [0.4, 0.5) is 0 Å². The average Bonchev–Trinajstić information content (AvgIpc) is 2.47. The molecule has 0 saturated carbocycles. The molecular weight excluding hydrogens is 254 g/mol. The summed E-state index contributed by atoms with van der Waals surface area (Å²) in [6.07, 6.45) is 0.110. The monoisotopic (exact) mass is 270 g/mol. The predicted molar refractivity (Wildman–Crippen MR) is 77.1 cm³/mol. The first-order valence-electron chi connectivity index (χ1n) is 6.34. The Balaban J connectivity index is 1.90. The van der Waals surface area contributed by atoms with E-state index in [-0.39, 0.29) is 6.42 Å². The molecule has 0 N–H and O–H groups in total. The molecule has 0 aliphatic carbocycles. The van der Waals surface area contributed by atoms with E-state index in [2.05, 4.69) is 0 Å². The number of ether oxygens (including phenoxy) is 1. The van der Waals surface area contributed by atoms with E-state index in [1.807, 2.05) is 30.3 Å². The Morgan fingerprint density at radius 1 is 1.05 bits per heavy atom. The number of nitrogens with zero attached hydrogens (tertiary/aromatic N) is 1. The van der Waals surface area contributed by atoms with Crippen LogP contribution in [0.15, 0.2) is 54.6 Å². The number of benzene rings is 2. The summed E-state index contributed by atoms with van der Waals surface area (Å²) in [7, 11) is 1.21. The molecule has 104 valence electrons. The fourth-order valence-corrected chi connectivity index (χ4v) is 1.73. The largest absolute Gasteiger partial charge is 0.756 e. The number of rotatable bonds is 5. The lowest BCUT2D eigenvalue weighted by Crippen LogP contribution is -2.21. The lowest BCUT2D eigenvalue weighted by atomic mass is 10.1. The second kappa shape index (κ2) is 6.73. The van der Waals surface area contributed by atoms with E-state index in [0.29, 0.717) is 11.7 Å². The topological polar surface area (TPSA) is 52.6 Å². The quantitative estimate of drug-likeness (QED) is 0.785. The summed E-state index contributed by atoms with van der Waals surface area (Å²) in [6, 6.07) is 17.1. The zero-order chi connectivity index (χ0) is 14.4. The van der Waals surface area contributed by atoms with Crippen LogP contribution in [0, 0.1) is 5.21 Å². The van der Waals surface area contributed by atoms with E-state index < -0.39 is 5.91 Å². The van der Waals surface area contributed by atoms with E-state index in [0.717, 1.165) is 16.9 Å². The first kappa shape index (κ1) is 14.1. The summed E-state index contributed by atoms with van der Waals surface area (Å²) in [5.74, 6) is 0.281. The van der Waals surface area contributed by atoms with E-state index in [9.17, 15) is 10.0 Å². The van der Waals surface area contributed by atoms with Gasteiger partial charge in [-0.25, -0.2) is 0 Å². The zero-order valence-electron chi connectivity index (χ0n) is 11.3. The van der Waals surface area contributed by atoms with Crippen molar-refractivity contribution in [2.75, 3.05) is 7.05 Å². The molecule has 0 unspecified atom stereocenters. The predicted octanol–water partition coefficient (Wildman–Crippen LogP) is 2.76. The normalized spacial score (nSPS) is 10.1. The lowest BCUT2D eigenvalue weighted by Gasteiger charge is -2.21. The van der Waals surface area contributed by atoms with E-state index in [1.165, 1.54) is 7.05 Å². The fourth-order valence-electron chi connectivity index (χ4n) is 1.73. The Bertz CT molecular complexity index is 550. The molecule has 0 radical (unpaired) electrons. The highest BCUT2D eigenvalue weighted by molar-refractivity contribution is 5.78. The van der Waals surface area contributed by atoms with Crippen molar-refractivity contribution >= 4 is 5.91 Å². The van der Waals surface area contributed by atoms with Crippen LogP contribution in [0.25, 0.3) is 0 Å². The molecule has 0 saturated heterocycles. The van der Waals surface area contributed by atoms with Gasteiger partial charge in [-0.2, -0.15) is 0 Å². The van der Waals surface area contributed by atoms with Gasteiger partial charge in [0.25, 0.3) is 0 Å². The smallest absolute Gasteiger partial charge is 0.216 e. The Kier molecular flexibility index (Phi) is 4.74. The van der Waals surface area contributed by atoms with Gasteiger partial charge >= 0.3 is 0 Å². The molecule has 0 atom stereocenters. The van der Waals surface area contributed by atoms with Crippen LogP contribution < -0.4 is 4.74 Å². The fraction of sp³-hybridized carbons (Fsp3) is 0.188. The summed E-state index contributed by atoms with van der Waals surface area (Å²) in [4.78, 5) is 11.3. The zero-order valence-corrected chi connectivity index (χ0v) is 11.3. The Labute approximate surface area is 118 Å². The van der Waals surface area contributed by atoms with Crippen LogP contribution in [0.3, 0.4) is 0 Å². The van der Waals surface area contributed by atoms with Gasteiger partial charge in [0.15, 0.2) is 0 Å². The molecule has 2 aromatic rings. The number of carbonyl (C=O) groups is 1. The van der Waals surface area contributed by atoms with Crippen molar-refractivity contribution in [3.05, 3.63) is 70.9 Å². The van der Waals surface area contributed by atoms with Gasteiger partial charge < -0.3 is 15.0 Å². The SMILES string of the molecule is CN([O-])C(=O)Cc1ccc(OCc2ccccc2)cc1. The standard InChI is InChI=1S/C16H16NO3/c1-17(19)16(18)11-13-7-9-15(10-8-13)20-12-14-5-3-2-4-6-14/h2-10H,11-12H2,1H3/q-1. The maximum atomic E-state index is 11.3. The van der Waals surface area contributed by atoms with Crippen LogP contribution in [-0.2, 0) is 17.8 Å². The molecule has 0 aliphatic rings. The van der Waals surface area contributed by atoms with Crippen molar-refractivity contribution in [1.82, 2.24) is 5.06 Å². The van der Waals surface area contributed by atoms with Crippen LogP contribution in [0.2, 0.25) is 0 Å². The number of hydrogen-bond acceptors (Lipinski definition) is 3. The van der Waals surface area contributed by atoms with Crippen molar-refractivity contribution in [3.63, 3.8) is 0 Å². The van der Waals surface area contributed by atoms with Crippen LogP contribution in [-0.4, -0.2) is 18.0 Å². The molecule has 0 spiro atoms. The van der Waals surface area contributed by atoms with Crippen molar-refractivity contribution in [1.29, 1.82) is 0 Å². The van der Waals surface area contributed by atoms with Gasteiger partial charge in [-0.05, 0) is 30.3 Å². The molecule has 20 heavy (non-hydrogen) atoms. The highest BCUT2D eigenvalue weighted by Gasteiger charge is 2.03. The first-order valence-corrected chi connectivity index (χ1v) is 6.34. The number of hydrogen-bond donors (Lipinski definition) is 0. The molecule has 4 heteroatoms. The van der Waals surface area contributed by atoms with Crippen molar-refractivity contribution in [2.24, 2.45) is 0 Å². The van der Waals surface area contributed by atoms with Gasteiger partial charge in [-0.15, -0.1) is 0 Å². The Hall–Kier alpha value is -2.33. The Morgan fingerprint density at radius 2 is 1.70 bits per heavy atom. The molecular formula is C16H16NO3-. The van der Waals surface area contributed by atoms with Crippen molar-refractivity contribution in [2.45, 2.75) is 13.0 Å². The van der Waals surface area contributed by atoms with Gasteiger partial charge in [-0.1, -0.05) is 42.5 Å². The summed E-state index contributed by atoms with van der Waals surface area (Å²) >= 11 is 0. The minimum atomic E-state index is -0.456. The molecule has 1 amide bonds. The maximum absolute atomic E-state index is 11.3. The van der Waals surface area contributed by atoms with E-state index in [4.69, 9.17) is 4.74 Å². The van der Waals surface area contributed by atoms with Crippen molar-refractivity contribution in [3.8, 4) is 5.75 Å². The minimum Gasteiger partial charge on any atom is -0.756 e. The van der Waals surface area contributed by atoms with Crippen LogP contribution >= 0.6 is 0 Å². The van der Waals surface area contributed by atoms with E-state index in [1.54, 1.807) is 24.3 Å². The van der Waals surface area contributed by atoms with Gasteiger partial charge in [0.2, 0.25) is 5.91 Å². The summed E-state index contributed by atoms with van der Waals surface area (Å²) in [6.45, 7) is 0.502. The van der Waals surface area contributed by atoms with Gasteiger partial charge in [0, 0.05) is 0 Å². The summed E-state index contributed by atoms with van der Waals surface area (Å²) in [5, 5.41) is 11.2. The second-order valence-corrected chi connectivity index (χ2v) is 4.49. The number of amides is 1. The first-order chi connectivity index (χ1) is 9.65. The summed E-state index contributed by atoms with van der Waals surface area (Å²) < 4.78 is 5.64. The third kappa shape index (κ3) is 4.10. The molecule has 0 bridgehead atoms. The molecule has 0 fully saturated rings. The molecule has 2 rings (SSSR count). The van der Waals surface area contributed by atoms with Crippen LogP contribution in [0.1, 0.15) is 11.1 Å². The highest BCUT2D eigenvalue weighted by atomic mass is 16.5. The number of likely N-dealkylation sites (N-methyl/N-ethyl adjacent to an activating group) is 1. The highest BCUT2D eigenvalue weighted by Crippen LogP contribution is 2.15. The number of carbonyl (C=O) groups excluding carboxylic acids is 1. The average molecular weight is 270 g/mol. The molecule has 0 aromatic heterocycles. The third-order valence-corrected chi connectivity index (χ3v) is 2.88. The van der Waals surface area contributed by atoms with Gasteiger partial charge in [0.1, 0.15) is 12.4 Å². The second-order valence-electron chi connectivity index (χ2n) is 4.49. The molecule has 0 heterocycles. The summed E-state index contributed by atoms with van der Waals surface area (Å²) in [5.41, 5.74) is 1.89. The molecule has 2 aromatic carbocycles. The molecule has 4 nitrogen and oxygen atoms in total. The minimum absolute atomic E-state index is 0.110.